The zero-order chi connectivity index (χ0) is 14.3. The fraction of sp³-hybridized carbons (Fsp3) is 0.933. The fourth-order valence-corrected chi connectivity index (χ4v) is 2.82. The quantitative estimate of drug-likeness (QED) is 0.705. The molecule has 1 saturated carbocycles. The molecule has 0 spiro atoms. The Morgan fingerprint density at radius 2 is 1.79 bits per heavy atom. The summed E-state index contributed by atoms with van der Waals surface area (Å²) in [6.07, 6.45) is 4.80. The van der Waals surface area contributed by atoms with E-state index in [1.54, 1.807) is 0 Å². The second-order valence-corrected chi connectivity index (χ2v) is 5.77. The molecule has 2 unspecified atom stereocenters. The van der Waals surface area contributed by atoms with Gasteiger partial charge in [-0.05, 0) is 39.8 Å². The van der Waals surface area contributed by atoms with Gasteiger partial charge in [-0.2, -0.15) is 0 Å². The second kappa shape index (κ2) is 8.54. The van der Waals surface area contributed by atoms with Gasteiger partial charge in [0.05, 0.1) is 6.04 Å². The van der Waals surface area contributed by atoms with E-state index in [9.17, 15) is 4.79 Å². The van der Waals surface area contributed by atoms with E-state index >= 15 is 0 Å². The maximum Gasteiger partial charge on any atom is 0.237 e. The Balaban J connectivity index is 2.27. The van der Waals surface area contributed by atoms with Crippen LogP contribution in [0.4, 0.5) is 0 Å². The summed E-state index contributed by atoms with van der Waals surface area (Å²) in [5, 5.41) is 6.55. The van der Waals surface area contributed by atoms with Crippen LogP contribution in [0.3, 0.4) is 0 Å². The first kappa shape index (κ1) is 16.4. The molecule has 1 aliphatic rings. The van der Waals surface area contributed by atoms with Crippen molar-refractivity contribution in [1.82, 2.24) is 15.5 Å². The zero-order valence-corrected chi connectivity index (χ0v) is 13.0. The lowest BCUT2D eigenvalue weighted by Gasteiger charge is -2.26. The number of nitrogens with one attached hydrogen (secondary N) is 2. The molecule has 1 rings (SSSR count). The Bertz CT molecular complexity index is 260. The van der Waals surface area contributed by atoms with Crippen molar-refractivity contribution in [3.05, 3.63) is 0 Å². The summed E-state index contributed by atoms with van der Waals surface area (Å²) in [6, 6.07) is 0.644. The van der Waals surface area contributed by atoms with E-state index < -0.39 is 0 Å². The van der Waals surface area contributed by atoms with Crippen molar-refractivity contribution >= 4 is 5.91 Å². The van der Waals surface area contributed by atoms with Gasteiger partial charge in [-0.1, -0.05) is 26.7 Å². The largest absolute Gasteiger partial charge is 0.352 e. The smallest absolute Gasteiger partial charge is 0.237 e. The molecular formula is C15H31N3O. The Hall–Kier alpha value is -0.610. The standard InChI is InChI=1S/C15H31N3O/c1-5-18(6-2)11-12(3)16-13(4)15(19)17-14-9-7-8-10-14/h12-14,16H,5-11H2,1-4H3,(H,17,19). The van der Waals surface area contributed by atoms with Crippen molar-refractivity contribution < 1.29 is 4.79 Å². The van der Waals surface area contributed by atoms with Gasteiger partial charge in [0.25, 0.3) is 0 Å². The van der Waals surface area contributed by atoms with Crippen LogP contribution < -0.4 is 10.6 Å². The van der Waals surface area contributed by atoms with Gasteiger partial charge in [-0.3, -0.25) is 4.79 Å². The summed E-state index contributed by atoms with van der Waals surface area (Å²) in [5.74, 6) is 0.151. The molecule has 4 heteroatoms. The van der Waals surface area contributed by atoms with Crippen molar-refractivity contribution in [2.45, 2.75) is 71.5 Å². The highest BCUT2D eigenvalue weighted by Crippen LogP contribution is 2.17. The molecule has 1 fully saturated rings. The van der Waals surface area contributed by atoms with Crippen molar-refractivity contribution in [2.75, 3.05) is 19.6 Å². The molecule has 0 aromatic rings. The van der Waals surface area contributed by atoms with Gasteiger partial charge in [0.2, 0.25) is 5.91 Å². The maximum atomic E-state index is 12.1. The molecule has 2 N–H and O–H groups in total. The average Bonchev–Trinajstić information content (AvgIpc) is 2.88. The predicted molar refractivity (Wildman–Crippen MR) is 80.2 cm³/mol. The molecule has 1 aliphatic carbocycles. The average molecular weight is 269 g/mol. The third-order valence-electron chi connectivity index (χ3n) is 4.06. The lowest BCUT2D eigenvalue weighted by Crippen LogP contribution is -2.50. The maximum absolute atomic E-state index is 12.1. The molecule has 0 bridgehead atoms. The van der Waals surface area contributed by atoms with E-state index in [4.69, 9.17) is 0 Å². The SMILES string of the molecule is CCN(CC)CC(C)NC(C)C(=O)NC1CCCC1. The summed E-state index contributed by atoms with van der Waals surface area (Å²) in [6.45, 7) is 11.6. The van der Waals surface area contributed by atoms with E-state index in [-0.39, 0.29) is 11.9 Å². The summed E-state index contributed by atoms with van der Waals surface area (Å²) < 4.78 is 0. The Labute approximate surface area is 118 Å². The summed E-state index contributed by atoms with van der Waals surface area (Å²) in [7, 11) is 0. The summed E-state index contributed by atoms with van der Waals surface area (Å²) >= 11 is 0. The molecule has 0 aromatic heterocycles. The van der Waals surface area contributed by atoms with E-state index in [1.165, 1.54) is 12.8 Å². The number of amides is 1. The molecule has 0 aromatic carbocycles. The Morgan fingerprint density at radius 3 is 2.32 bits per heavy atom. The molecule has 0 radical (unpaired) electrons. The molecule has 0 saturated heterocycles. The lowest BCUT2D eigenvalue weighted by atomic mass is 10.2. The molecule has 4 nitrogen and oxygen atoms in total. The molecule has 19 heavy (non-hydrogen) atoms. The van der Waals surface area contributed by atoms with Crippen LogP contribution in [-0.2, 0) is 4.79 Å². The van der Waals surface area contributed by atoms with Crippen molar-refractivity contribution in [2.24, 2.45) is 0 Å². The first-order valence-electron chi connectivity index (χ1n) is 7.85. The highest BCUT2D eigenvalue weighted by Gasteiger charge is 2.21. The van der Waals surface area contributed by atoms with Crippen LogP contribution in [0.2, 0.25) is 0 Å². The van der Waals surface area contributed by atoms with Gasteiger partial charge in [-0.15, -0.1) is 0 Å². The number of rotatable bonds is 8. The third-order valence-corrected chi connectivity index (χ3v) is 4.06. The first-order valence-corrected chi connectivity index (χ1v) is 7.85. The molecule has 0 aliphatic heterocycles. The number of hydrogen-bond donors (Lipinski definition) is 2. The number of carbonyl (C=O) groups is 1. The van der Waals surface area contributed by atoms with Crippen molar-refractivity contribution in [3.63, 3.8) is 0 Å². The van der Waals surface area contributed by atoms with E-state index in [0.717, 1.165) is 32.5 Å². The topological polar surface area (TPSA) is 44.4 Å². The van der Waals surface area contributed by atoms with Crippen LogP contribution >= 0.6 is 0 Å². The number of nitrogens with zero attached hydrogens (tertiary/aromatic N) is 1. The number of likely N-dealkylation sites (N-methyl/N-ethyl adjacent to an activating group) is 1. The molecule has 2 atom stereocenters. The van der Waals surface area contributed by atoms with Crippen LogP contribution in [0.25, 0.3) is 0 Å². The number of carbonyl (C=O) groups excluding carboxylic acids is 1. The van der Waals surface area contributed by atoms with E-state index in [1.807, 2.05) is 6.92 Å². The predicted octanol–water partition coefficient (Wildman–Crippen LogP) is 1.75. The van der Waals surface area contributed by atoms with Crippen molar-refractivity contribution in [1.29, 1.82) is 0 Å². The molecule has 1 amide bonds. The zero-order valence-electron chi connectivity index (χ0n) is 13.0. The van der Waals surface area contributed by atoms with Crippen LogP contribution in [0.5, 0.6) is 0 Å². The van der Waals surface area contributed by atoms with Crippen molar-refractivity contribution in [3.8, 4) is 0 Å². The third kappa shape index (κ3) is 5.91. The minimum atomic E-state index is -0.105. The lowest BCUT2D eigenvalue weighted by molar-refractivity contribution is -0.123. The second-order valence-electron chi connectivity index (χ2n) is 5.77. The van der Waals surface area contributed by atoms with Gasteiger partial charge in [0.1, 0.15) is 0 Å². The minimum Gasteiger partial charge on any atom is -0.352 e. The first-order chi connectivity index (χ1) is 9.06. The van der Waals surface area contributed by atoms with Gasteiger partial charge in [0.15, 0.2) is 0 Å². The van der Waals surface area contributed by atoms with Crippen LogP contribution in [-0.4, -0.2) is 48.6 Å². The van der Waals surface area contributed by atoms with Gasteiger partial charge in [-0.25, -0.2) is 0 Å². The molecule has 0 heterocycles. The highest BCUT2D eigenvalue weighted by molar-refractivity contribution is 5.81. The minimum absolute atomic E-state index is 0.105. The Kier molecular flexibility index (Phi) is 7.39. The van der Waals surface area contributed by atoms with Gasteiger partial charge in [0, 0.05) is 18.6 Å². The van der Waals surface area contributed by atoms with Gasteiger partial charge < -0.3 is 15.5 Å². The Morgan fingerprint density at radius 1 is 1.21 bits per heavy atom. The van der Waals surface area contributed by atoms with Crippen LogP contribution in [0, 0.1) is 0 Å². The molecule has 112 valence electrons. The fourth-order valence-electron chi connectivity index (χ4n) is 2.82. The molecular weight excluding hydrogens is 238 g/mol. The van der Waals surface area contributed by atoms with E-state index in [0.29, 0.717) is 12.1 Å². The van der Waals surface area contributed by atoms with Gasteiger partial charge >= 0.3 is 0 Å². The number of hydrogen-bond acceptors (Lipinski definition) is 3. The van der Waals surface area contributed by atoms with Crippen LogP contribution in [0.1, 0.15) is 53.4 Å². The van der Waals surface area contributed by atoms with Crippen LogP contribution in [0.15, 0.2) is 0 Å². The summed E-state index contributed by atoms with van der Waals surface area (Å²) in [4.78, 5) is 14.4. The highest BCUT2D eigenvalue weighted by atomic mass is 16.2. The monoisotopic (exact) mass is 269 g/mol. The van der Waals surface area contributed by atoms with E-state index in [2.05, 4.69) is 36.3 Å². The normalized spacial score (nSPS) is 19.6. The summed E-state index contributed by atoms with van der Waals surface area (Å²) in [5.41, 5.74) is 0.